The van der Waals surface area contributed by atoms with E-state index in [1.165, 1.54) is 18.4 Å². The molecule has 2 heterocycles. The minimum Gasteiger partial charge on any atom is -0.470 e. The van der Waals surface area contributed by atoms with Crippen LogP contribution in [0.5, 0.6) is 0 Å². The third-order valence-electron chi connectivity index (χ3n) is 8.04. The number of hydrogen-bond donors (Lipinski definition) is 1. The first kappa shape index (κ1) is 14.7. The highest BCUT2D eigenvalue weighted by Gasteiger charge is 2.65. The van der Waals surface area contributed by atoms with Crippen LogP contribution in [-0.2, 0) is 14.2 Å². The Balaban J connectivity index is 1.45. The number of ether oxygens (including phenoxy) is 3. The average Bonchev–Trinajstić information content (AvgIpc) is 3.28. The van der Waals surface area contributed by atoms with Crippen molar-refractivity contribution in [3.8, 4) is 0 Å². The Morgan fingerprint density at radius 3 is 2.96 bits per heavy atom. The molecule has 2 aliphatic heterocycles. The molecule has 5 rings (SSSR count). The minimum atomic E-state index is -0.637. The van der Waals surface area contributed by atoms with Crippen molar-refractivity contribution in [3.63, 3.8) is 0 Å². The molecule has 2 unspecified atom stereocenters. The summed E-state index contributed by atoms with van der Waals surface area (Å²) in [6.45, 7) is 2.80. The molecule has 23 heavy (non-hydrogen) atoms. The molecule has 4 fully saturated rings. The van der Waals surface area contributed by atoms with E-state index in [2.05, 4.69) is 6.92 Å². The minimum absolute atomic E-state index is 0.0143. The molecule has 0 aromatic heterocycles. The van der Waals surface area contributed by atoms with Gasteiger partial charge in [0.05, 0.1) is 18.5 Å². The molecule has 1 N–H and O–H groups in total. The Morgan fingerprint density at radius 1 is 1.26 bits per heavy atom. The molecule has 0 spiro atoms. The first-order chi connectivity index (χ1) is 11.1. The topological polar surface area (TPSA) is 51.2 Å². The third kappa shape index (κ3) is 1.83. The molecule has 3 aliphatic carbocycles. The van der Waals surface area contributed by atoms with E-state index < -0.39 is 5.60 Å². The van der Waals surface area contributed by atoms with Gasteiger partial charge in [-0.2, -0.15) is 0 Å². The van der Waals surface area contributed by atoms with Gasteiger partial charge in [0.1, 0.15) is 6.10 Å². The predicted octanol–water partition coefficient (Wildman–Crippen LogP) is 2.86. The zero-order chi connectivity index (χ0) is 15.8. The molecule has 8 atom stereocenters. The predicted molar refractivity (Wildman–Crippen MR) is 84.4 cm³/mol. The lowest BCUT2D eigenvalue weighted by atomic mass is 9.51. The lowest BCUT2D eigenvalue weighted by Crippen LogP contribution is -2.54. The van der Waals surface area contributed by atoms with Crippen LogP contribution in [-0.4, -0.2) is 36.8 Å². The SMILES string of the molecule is COC[C@]1(O)CC[C@H]2[C@@H]3CCC4=COC5OC5[C@H]4[C@H]3CC[C@@]21C. The van der Waals surface area contributed by atoms with Gasteiger partial charge in [-0.05, 0) is 61.9 Å². The fourth-order valence-corrected chi connectivity index (χ4v) is 6.76. The number of fused-ring (bicyclic) bond motifs is 7. The second-order valence-electron chi connectivity index (χ2n) is 8.76. The molecule has 3 saturated carbocycles. The van der Waals surface area contributed by atoms with Crippen LogP contribution in [0, 0.1) is 29.1 Å². The number of rotatable bonds is 2. The van der Waals surface area contributed by atoms with Gasteiger partial charge in [-0.3, -0.25) is 0 Å². The molecule has 5 aliphatic rings. The Labute approximate surface area is 138 Å². The Kier molecular flexibility index (Phi) is 3.04. The number of epoxide rings is 1. The van der Waals surface area contributed by atoms with Crippen molar-refractivity contribution in [1.29, 1.82) is 0 Å². The monoisotopic (exact) mass is 320 g/mol. The summed E-state index contributed by atoms with van der Waals surface area (Å²) < 4.78 is 16.8. The molecule has 0 radical (unpaired) electrons. The van der Waals surface area contributed by atoms with Crippen molar-refractivity contribution in [1.82, 2.24) is 0 Å². The van der Waals surface area contributed by atoms with Gasteiger partial charge in [-0.1, -0.05) is 6.92 Å². The smallest absolute Gasteiger partial charge is 0.226 e. The fourth-order valence-electron chi connectivity index (χ4n) is 6.76. The van der Waals surface area contributed by atoms with Gasteiger partial charge in [-0.15, -0.1) is 0 Å². The summed E-state index contributed by atoms with van der Waals surface area (Å²) in [5, 5.41) is 11.2. The molecule has 0 bridgehead atoms. The van der Waals surface area contributed by atoms with Gasteiger partial charge in [0.15, 0.2) is 0 Å². The largest absolute Gasteiger partial charge is 0.470 e. The van der Waals surface area contributed by atoms with Crippen LogP contribution >= 0.6 is 0 Å². The van der Waals surface area contributed by atoms with E-state index in [-0.39, 0.29) is 11.7 Å². The third-order valence-corrected chi connectivity index (χ3v) is 8.04. The van der Waals surface area contributed by atoms with E-state index in [1.807, 2.05) is 6.26 Å². The summed E-state index contributed by atoms with van der Waals surface area (Å²) in [4.78, 5) is 0. The van der Waals surface area contributed by atoms with Gasteiger partial charge in [0.2, 0.25) is 6.29 Å². The van der Waals surface area contributed by atoms with Crippen LogP contribution in [0.25, 0.3) is 0 Å². The highest BCUT2D eigenvalue weighted by molar-refractivity contribution is 5.22. The summed E-state index contributed by atoms with van der Waals surface area (Å²) >= 11 is 0. The van der Waals surface area contributed by atoms with Crippen LogP contribution < -0.4 is 0 Å². The first-order valence-electron chi connectivity index (χ1n) is 9.28. The van der Waals surface area contributed by atoms with Crippen LogP contribution in [0.4, 0.5) is 0 Å². The Hall–Kier alpha value is -0.580. The van der Waals surface area contributed by atoms with Crippen molar-refractivity contribution in [2.24, 2.45) is 29.1 Å². The van der Waals surface area contributed by atoms with E-state index >= 15 is 0 Å². The van der Waals surface area contributed by atoms with Crippen molar-refractivity contribution in [2.75, 3.05) is 13.7 Å². The van der Waals surface area contributed by atoms with Gasteiger partial charge in [-0.25, -0.2) is 0 Å². The molecular formula is C19H28O4. The lowest BCUT2D eigenvalue weighted by Gasteiger charge is -2.55. The molecule has 0 aromatic rings. The first-order valence-corrected chi connectivity index (χ1v) is 9.28. The summed E-state index contributed by atoms with van der Waals surface area (Å²) in [6.07, 6.45) is 9.10. The Bertz CT molecular complexity index is 545. The van der Waals surface area contributed by atoms with Crippen molar-refractivity contribution in [2.45, 2.75) is 63.4 Å². The lowest BCUT2D eigenvalue weighted by molar-refractivity contribution is -0.145. The van der Waals surface area contributed by atoms with E-state index in [9.17, 15) is 5.11 Å². The fraction of sp³-hybridized carbons (Fsp3) is 0.895. The molecule has 4 heteroatoms. The van der Waals surface area contributed by atoms with E-state index in [4.69, 9.17) is 14.2 Å². The highest BCUT2D eigenvalue weighted by Crippen LogP contribution is 2.65. The Morgan fingerprint density at radius 2 is 2.13 bits per heavy atom. The summed E-state index contributed by atoms with van der Waals surface area (Å²) in [5.74, 6) is 2.65. The van der Waals surface area contributed by atoms with Crippen LogP contribution in [0.3, 0.4) is 0 Å². The maximum absolute atomic E-state index is 11.2. The number of methoxy groups -OCH3 is 1. The van der Waals surface area contributed by atoms with E-state index in [1.54, 1.807) is 7.11 Å². The molecular weight excluding hydrogens is 292 g/mol. The zero-order valence-corrected chi connectivity index (χ0v) is 14.2. The van der Waals surface area contributed by atoms with Gasteiger partial charge < -0.3 is 19.3 Å². The van der Waals surface area contributed by atoms with Crippen LogP contribution in [0.2, 0.25) is 0 Å². The molecule has 128 valence electrons. The van der Waals surface area contributed by atoms with Crippen molar-refractivity contribution in [3.05, 3.63) is 11.8 Å². The van der Waals surface area contributed by atoms with Crippen molar-refractivity contribution < 1.29 is 19.3 Å². The number of hydrogen-bond acceptors (Lipinski definition) is 4. The molecule has 0 aromatic carbocycles. The maximum atomic E-state index is 11.2. The standard InChI is InChI=1S/C19H28O4/c1-18-7-5-13-12(14(18)6-8-19(18,20)10-21-2)4-3-11-9-22-17-16(23-17)15(11)13/h9,12-17,20H,3-8,10H2,1-2H3/t12-,13+,14+,15-,16?,17?,18+,19-/m1/s1. The van der Waals surface area contributed by atoms with Gasteiger partial charge >= 0.3 is 0 Å². The zero-order valence-electron chi connectivity index (χ0n) is 14.2. The van der Waals surface area contributed by atoms with Crippen LogP contribution in [0.1, 0.15) is 45.4 Å². The van der Waals surface area contributed by atoms with Gasteiger partial charge in [0.25, 0.3) is 0 Å². The van der Waals surface area contributed by atoms with Gasteiger partial charge in [0, 0.05) is 18.4 Å². The summed E-state index contributed by atoms with van der Waals surface area (Å²) in [6, 6.07) is 0. The second-order valence-corrected chi connectivity index (χ2v) is 8.76. The van der Waals surface area contributed by atoms with E-state index in [0.29, 0.717) is 24.5 Å². The summed E-state index contributed by atoms with van der Waals surface area (Å²) in [7, 11) is 1.71. The molecule has 1 saturated heterocycles. The van der Waals surface area contributed by atoms with Crippen molar-refractivity contribution >= 4 is 0 Å². The number of aliphatic hydroxyl groups is 1. The molecule has 4 nitrogen and oxygen atoms in total. The normalized spacial score (nSPS) is 56.6. The van der Waals surface area contributed by atoms with Crippen LogP contribution in [0.15, 0.2) is 11.8 Å². The maximum Gasteiger partial charge on any atom is 0.226 e. The van der Waals surface area contributed by atoms with E-state index in [0.717, 1.165) is 37.5 Å². The summed E-state index contributed by atoms with van der Waals surface area (Å²) in [5.41, 5.74) is 0.862. The average molecular weight is 320 g/mol. The highest BCUT2D eigenvalue weighted by atomic mass is 16.8. The molecule has 0 amide bonds. The second kappa shape index (κ2) is 4.74. The quantitative estimate of drug-likeness (QED) is 0.795.